The second-order valence-corrected chi connectivity index (χ2v) is 7.24. The van der Waals surface area contributed by atoms with E-state index in [0.717, 1.165) is 31.9 Å². The van der Waals surface area contributed by atoms with Gasteiger partial charge in [0.2, 0.25) is 0 Å². The SMILES string of the molecule is CCNC(=NCCc1nc(CC)c(C)s1)NC1CCCCC1.I. The van der Waals surface area contributed by atoms with Crippen LogP contribution in [0, 0.1) is 6.92 Å². The molecule has 1 fully saturated rings. The first kappa shape index (κ1) is 20.7. The molecule has 2 N–H and O–H groups in total. The Hall–Kier alpha value is -0.370. The molecule has 0 unspecified atom stereocenters. The largest absolute Gasteiger partial charge is 0.357 e. The van der Waals surface area contributed by atoms with Crippen molar-refractivity contribution in [3.63, 3.8) is 0 Å². The molecular formula is C17H31IN4S. The molecule has 1 saturated carbocycles. The molecule has 0 amide bonds. The van der Waals surface area contributed by atoms with Crippen molar-refractivity contribution in [1.82, 2.24) is 15.6 Å². The minimum absolute atomic E-state index is 0. The highest BCUT2D eigenvalue weighted by atomic mass is 127. The molecule has 0 atom stereocenters. The molecule has 1 aromatic heterocycles. The highest BCUT2D eigenvalue weighted by Gasteiger charge is 2.14. The molecule has 23 heavy (non-hydrogen) atoms. The van der Waals surface area contributed by atoms with Crippen LogP contribution in [0.3, 0.4) is 0 Å². The van der Waals surface area contributed by atoms with Gasteiger partial charge in [0.15, 0.2) is 5.96 Å². The van der Waals surface area contributed by atoms with Crippen LogP contribution in [0.1, 0.15) is 61.5 Å². The van der Waals surface area contributed by atoms with E-state index in [1.165, 1.54) is 47.7 Å². The molecule has 0 spiro atoms. The minimum atomic E-state index is 0. The van der Waals surface area contributed by atoms with Crippen molar-refractivity contribution < 1.29 is 0 Å². The molecule has 6 heteroatoms. The van der Waals surface area contributed by atoms with Crippen LogP contribution in [-0.2, 0) is 12.8 Å². The van der Waals surface area contributed by atoms with Crippen LogP contribution in [-0.4, -0.2) is 30.1 Å². The average molecular weight is 450 g/mol. The van der Waals surface area contributed by atoms with Crippen molar-refractivity contribution in [2.45, 2.75) is 71.8 Å². The fourth-order valence-corrected chi connectivity index (χ4v) is 3.96. The minimum Gasteiger partial charge on any atom is -0.357 e. The standard InChI is InChI=1S/C17H30N4S.HI/c1-4-15-13(3)22-16(21-15)11-12-19-17(18-5-2)20-14-9-7-6-8-10-14;/h14H,4-12H2,1-3H3,(H2,18,19,20);1H. The molecule has 0 saturated heterocycles. The van der Waals surface area contributed by atoms with Crippen molar-refractivity contribution in [2.75, 3.05) is 13.1 Å². The van der Waals surface area contributed by atoms with Gasteiger partial charge in [0.05, 0.1) is 10.7 Å². The van der Waals surface area contributed by atoms with Crippen LogP contribution in [0.2, 0.25) is 0 Å². The van der Waals surface area contributed by atoms with Gasteiger partial charge in [0, 0.05) is 30.4 Å². The molecule has 0 aliphatic heterocycles. The van der Waals surface area contributed by atoms with Gasteiger partial charge >= 0.3 is 0 Å². The lowest BCUT2D eigenvalue weighted by molar-refractivity contribution is 0.410. The zero-order valence-electron chi connectivity index (χ0n) is 14.7. The summed E-state index contributed by atoms with van der Waals surface area (Å²) in [4.78, 5) is 10.8. The van der Waals surface area contributed by atoms with Crippen molar-refractivity contribution in [3.05, 3.63) is 15.6 Å². The number of hydrogen-bond donors (Lipinski definition) is 2. The third kappa shape index (κ3) is 6.95. The first-order valence-corrected chi connectivity index (χ1v) is 9.54. The number of rotatable bonds is 6. The Morgan fingerprint density at radius 1 is 1.26 bits per heavy atom. The molecule has 4 nitrogen and oxygen atoms in total. The lowest BCUT2D eigenvalue weighted by atomic mass is 9.96. The maximum atomic E-state index is 4.73. The van der Waals surface area contributed by atoms with E-state index in [1.54, 1.807) is 0 Å². The zero-order chi connectivity index (χ0) is 15.8. The monoisotopic (exact) mass is 450 g/mol. The van der Waals surface area contributed by atoms with E-state index in [4.69, 9.17) is 9.98 Å². The lowest BCUT2D eigenvalue weighted by Gasteiger charge is -2.24. The summed E-state index contributed by atoms with van der Waals surface area (Å²) in [6.45, 7) is 8.17. The van der Waals surface area contributed by atoms with E-state index >= 15 is 0 Å². The van der Waals surface area contributed by atoms with Gasteiger partial charge in [-0.15, -0.1) is 35.3 Å². The number of nitrogens with zero attached hydrogens (tertiary/aromatic N) is 2. The van der Waals surface area contributed by atoms with Crippen molar-refractivity contribution in [1.29, 1.82) is 0 Å². The van der Waals surface area contributed by atoms with Crippen molar-refractivity contribution in [2.24, 2.45) is 4.99 Å². The highest BCUT2D eigenvalue weighted by molar-refractivity contribution is 14.0. The first-order chi connectivity index (χ1) is 10.7. The Kier molecular flexibility index (Phi) is 10.1. The summed E-state index contributed by atoms with van der Waals surface area (Å²) < 4.78 is 0. The normalized spacial score (nSPS) is 16.0. The number of aromatic nitrogens is 1. The maximum Gasteiger partial charge on any atom is 0.191 e. The topological polar surface area (TPSA) is 49.3 Å². The quantitative estimate of drug-likeness (QED) is 0.391. The molecule has 1 aliphatic carbocycles. The van der Waals surface area contributed by atoms with E-state index in [1.807, 2.05) is 11.3 Å². The van der Waals surface area contributed by atoms with Crippen LogP contribution < -0.4 is 10.6 Å². The number of guanidine groups is 1. The summed E-state index contributed by atoms with van der Waals surface area (Å²) in [6, 6.07) is 0.598. The van der Waals surface area contributed by atoms with Gasteiger partial charge in [0.25, 0.3) is 0 Å². The second-order valence-electron chi connectivity index (χ2n) is 5.95. The Morgan fingerprint density at radius 2 is 2.00 bits per heavy atom. The summed E-state index contributed by atoms with van der Waals surface area (Å²) in [5, 5.41) is 8.17. The number of aryl methyl sites for hydroxylation is 2. The number of thiazole rings is 1. The van der Waals surface area contributed by atoms with E-state index in [2.05, 4.69) is 31.4 Å². The molecular weight excluding hydrogens is 419 g/mol. The third-order valence-electron chi connectivity index (χ3n) is 4.16. The summed E-state index contributed by atoms with van der Waals surface area (Å²) >= 11 is 1.82. The number of aliphatic imine (C=N–C) groups is 1. The molecule has 0 radical (unpaired) electrons. The van der Waals surface area contributed by atoms with Crippen molar-refractivity contribution in [3.8, 4) is 0 Å². The van der Waals surface area contributed by atoms with E-state index < -0.39 is 0 Å². The lowest BCUT2D eigenvalue weighted by Crippen LogP contribution is -2.44. The maximum absolute atomic E-state index is 4.73. The van der Waals surface area contributed by atoms with E-state index in [-0.39, 0.29) is 24.0 Å². The summed E-state index contributed by atoms with van der Waals surface area (Å²) in [5.74, 6) is 0.971. The van der Waals surface area contributed by atoms with Gasteiger partial charge in [-0.3, -0.25) is 4.99 Å². The van der Waals surface area contributed by atoms with Crippen LogP contribution in [0.15, 0.2) is 4.99 Å². The number of hydrogen-bond acceptors (Lipinski definition) is 3. The molecule has 2 rings (SSSR count). The van der Waals surface area contributed by atoms with Crippen LogP contribution in [0.4, 0.5) is 0 Å². The Morgan fingerprint density at radius 3 is 2.61 bits per heavy atom. The van der Waals surface area contributed by atoms with E-state index in [9.17, 15) is 0 Å². The number of nitrogens with one attached hydrogen (secondary N) is 2. The summed E-state index contributed by atoms with van der Waals surface area (Å²) in [6.07, 6.45) is 8.58. The fourth-order valence-electron chi connectivity index (χ4n) is 2.95. The predicted octanol–water partition coefficient (Wildman–Crippen LogP) is 4.06. The van der Waals surface area contributed by atoms with E-state index in [0.29, 0.717) is 6.04 Å². The number of halogens is 1. The molecule has 0 aromatic carbocycles. The second kappa shape index (κ2) is 11.2. The summed E-state index contributed by atoms with van der Waals surface area (Å²) in [7, 11) is 0. The molecule has 1 aromatic rings. The third-order valence-corrected chi connectivity index (χ3v) is 5.23. The van der Waals surface area contributed by atoms with Gasteiger partial charge < -0.3 is 10.6 Å². The molecule has 1 heterocycles. The van der Waals surface area contributed by atoms with Gasteiger partial charge in [-0.25, -0.2) is 4.98 Å². The van der Waals surface area contributed by atoms with Crippen LogP contribution in [0.5, 0.6) is 0 Å². The average Bonchev–Trinajstić information content (AvgIpc) is 2.88. The van der Waals surface area contributed by atoms with Gasteiger partial charge in [-0.1, -0.05) is 26.2 Å². The fraction of sp³-hybridized carbons (Fsp3) is 0.765. The first-order valence-electron chi connectivity index (χ1n) is 8.73. The highest BCUT2D eigenvalue weighted by Crippen LogP contribution is 2.19. The Bertz CT molecular complexity index is 481. The zero-order valence-corrected chi connectivity index (χ0v) is 17.8. The van der Waals surface area contributed by atoms with Gasteiger partial charge in [0.1, 0.15) is 0 Å². The predicted molar refractivity (Wildman–Crippen MR) is 111 cm³/mol. The Balaban J connectivity index is 0.00000264. The van der Waals surface area contributed by atoms with Crippen LogP contribution >= 0.6 is 35.3 Å². The Labute approximate surface area is 162 Å². The molecule has 1 aliphatic rings. The van der Waals surface area contributed by atoms with Gasteiger partial charge in [-0.05, 0) is 33.1 Å². The molecule has 0 bridgehead atoms. The van der Waals surface area contributed by atoms with Gasteiger partial charge in [-0.2, -0.15) is 0 Å². The summed E-state index contributed by atoms with van der Waals surface area (Å²) in [5.41, 5.74) is 1.25. The van der Waals surface area contributed by atoms with Crippen LogP contribution in [0.25, 0.3) is 0 Å². The smallest absolute Gasteiger partial charge is 0.191 e. The molecule has 132 valence electrons. The van der Waals surface area contributed by atoms with Crippen molar-refractivity contribution >= 4 is 41.3 Å².